The van der Waals surface area contributed by atoms with E-state index in [4.69, 9.17) is 4.74 Å². The van der Waals surface area contributed by atoms with Gasteiger partial charge in [0.15, 0.2) is 5.78 Å². The fourth-order valence-corrected chi connectivity index (χ4v) is 3.88. The van der Waals surface area contributed by atoms with Crippen LogP contribution >= 0.6 is 0 Å². The third kappa shape index (κ3) is 3.71. The quantitative estimate of drug-likeness (QED) is 0.541. The zero-order chi connectivity index (χ0) is 21.3. The number of Topliss-reactive ketones (excluding diaryl/α,β-unsaturated/α-hetero) is 1. The van der Waals surface area contributed by atoms with Crippen LogP contribution in [-0.2, 0) is 4.74 Å². The largest absolute Gasteiger partial charge is 0.443 e. The number of para-hydroxylation sites is 1. The summed E-state index contributed by atoms with van der Waals surface area (Å²) < 4.78 is 5.71. The van der Waals surface area contributed by atoms with Gasteiger partial charge in [-0.3, -0.25) is 14.7 Å². The maximum Gasteiger partial charge on any atom is 0.415 e. The number of anilines is 1. The molecular weight excluding hydrogens is 376 g/mol. The Kier molecular flexibility index (Phi) is 5.12. The van der Waals surface area contributed by atoms with Gasteiger partial charge in [-0.2, -0.15) is 0 Å². The summed E-state index contributed by atoms with van der Waals surface area (Å²) in [5, 5.41) is 0. The molecule has 5 heteroatoms. The molecule has 1 aliphatic heterocycles. The summed E-state index contributed by atoms with van der Waals surface area (Å²) >= 11 is 0. The van der Waals surface area contributed by atoms with Crippen molar-refractivity contribution in [1.29, 1.82) is 0 Å². The second-order valence-electron chi connectivity index (χ2n) is 8.32. The Hall–Kier alpha value is -3.47. The highest BCUT2D eigenvalue weighted by Crippen LogP contribution is 2.50. The van der Waals surface area contributed by atoms with Crippen molar-refractivity contribution in [3.8, 4) is 0 Å². The Morgan fingerprint density at radius 3 is 2.23 bits per heavy atom. The summed E-state index contributed by atoms with van der Waals surface area (Å²) in [6.45, 7) is 5.49. The van der Waals surface area contributed by atoms with E-state index in [2.05, 4.69) is 4.98 Å². The molecule has 1 aliphatic rings. The molecule has 152 valence electrons. The number of hydrogen-bond acceptors (Lipinski definition) is 4. The Bertz CT molecular complexity index is 1060. The van der Waals surface area contributed by atoms with E-state index in [1.165, 1.54) is 0 Å². The third-order valence-electron chi connectivity index (χ3n) is 5.05. The molecule has 0 saturated heterocycles. The molecule has 1 amide bonds. The standard InChI is InChI=1S/C25H24N2O3/c1-25(2,3)30-24(29)27-20-15-8-7-13-18(20)21(22(27)19-14-9-10-16-26-19)23(28)17-11-5-4-6-12-17/h4-16,21-22H,1-3H3/t21-,22+/m0/s1. The lowest BCUT2D eigenvalue weighted by Gasteiger charge is -2.30. The normalized spacial score (nSPS) is 18.0. The van der Waals surface area contributed by atoms with E-state index < -0.39 is 23.7 Å². The first-order valence-electron chi connectivity index (χ1n) is 9.98. The van der Waals surface area contributed by atoms with Crippen molar-refractivity contribution in [3.63, 3.8) is 0 Å². The first-order chi connectivity index (χ1) is 14.4. The molecule has 0 aliphatic carbocycles. The zero-order valence-corrected chi connectivity index (χ0v) is 17.3. The Morgan fingerprint density at radius 2 is 1.57 bits per heavy atom. The van der Waals surface area contributed by atoms with Crippen molar-refractivity contribution in [2.45, 2.75) is 38.3 Å². The molecule has 0 spiro atoms. The summed E-state index contributed by atoms with van der Waals surface area (Å²) in [5.74, 6) is -0.629. The number of ketones is 1. The summed E-state index contributed by atoms with van der Waals surface area (Å²) in [6.07, 6.45) is 1.18. The van der Waals surface area contributed by atoms with E-state index in [-0.39, 0.29) is 5.78 Å². The molecule has 0 N–H and O–H groups in total. The molecule has 2 heterocycles. The molecule has 2 atom stereocenters. The molecule has 3 aromatic rings. The number of rotatable bonds is 3. The van der Waals surface area contributed by atoms with E-state index in [9.17, 15) is 9.59 Å². The number of carbonyl (C=O) groups excluding carboxylic acids is 2. The zero-order valence-electron chi connectivity index (χ0n) is 17.3. The minimum absolute atomic E-state index is 0.0511. The second-order valence-corrected chi connectivity index (χ2v) is 8.32. The summed E-state index contributed by atoms with van der Waals surface area (Å²) in [4.78, 5) is 33.0. The molecule has 0 radical (unpaired) electrons. The molecule has 1 aromatic heterocycles. The predicted molar refractivity (Wildman–Crippen MR) is 116 cm³/mol. The van der Waals surface area contributed by atoms with E-state index in [1.807, 2.05) is 81.4 Å². The van der Waals surface area contributed by atoms with Crippen molar-refractivity contribution in [3.05, 3.63) is 95.8 Å². The fourth-order valence-electron chi connectivity index (χ4n) is 3.88. The van der Waals surface area contributed by atoms with Crippen LogP contribution in [0.25, 0.3) is 0 Å². The summed E-state index contributed by atoms with van der Waals surface area (Å²) in [5.41, 5.74) is 2.06. The number of benzene rings is 2. The smallest absolute Gasteiger partial charge is 0.415 e. The number of aromatic nitrogens is 1. The second kappa shape index (κ2) is 7.75. The lowest BCUT2D eigenvalue weighted by molar-refractivity contribution is 0.0564. The predicted octanol–water partition coefficient (Wildman–Crippen LogP) is 5.54. The summed E-state index contributed by atoms with van der Waals surface area (Å²) in [7, 11) is 0. The van der Waals surface area contributed by atoms with Gasteiger partial charge in [0.2, 0.25) is 0 Å². The molecule has 5 nitrogen and oxygen atoms in total. The van der Waals surface area contributed by atoms with E-state index >= 15 is 0 Å². The minimum Gasteiger partial charge on any atom is -0.443 e. The average Bonchev–Trinajstić information content (AvgIpc) is 3.08. The lowest BCUT2D eigenvalue weighted by Crippen LogP contribution is -2.39. The number of carbonyl (C=O) groups is 2. The van der Waals surface area contributed by atoms with Gasteiger partial charge in [-0.15, -0.1) is 0 Å². The molecule has 30 heavy (non-hydrogen) atoms. The van der Waals surface area contributed by atoms with E-state index in [0.717, 1.165) is 5.56 Å². The number of hydrogen-bond donors (Lipinski definition) is 0. The molecule has 0 unspecified atom stereocenters. The van der Waals surface area contributed by atoms with Crippen LogP contribution in [0.2, 0.25) is 0 Å². The fraction of sp³-hybridized carbons (Fsp3) is 0.240. The van der Waals surface area contributed by atoms with Gasteiger partial charge >= 0.3 is 6.09 Å². The Morgan fingerprint density at radius 1 is 0.900 bits per heavy atom. The van der Waals surface area contributed by atoms with Gasteiger partial charge in [-0.1, -0.05) is 54.6 Å². The van der Waals surface area contributed by atoms with Crippen molar-refractivity contribution in [2.24, 2.45) is 0 Å². The molecule has 0 saturated carbocycles. The topological polar surface area (TPSA) is 59.5 Å². The number of fused-ring (bicyclic) bond motifs is 1. The van der Waals surface area contributed by atoms with Gasteiger partial charge in [-0.25, -0.2) is 4.79 Å². The third-order valence-corrected chi connectivity index (χ3v) is 5.05. The maximum absolute atomic E-state index is 13.6. The van der Waals surface area contributed by atoms with Gasteiger partial charge in [0, 0.05) is 11.8 Å². The van der Waals surface area contributed by atoms with Crippen LogP contribution in [0.3, 0.4) is 0 Å². The number of ether oxygens (including phenoxy) is 1. The first-order valence-corrected chi connectivity index (χ1v) is 9.98. The van der Waals surface area contributed by atoms with Crippen LogP contribution in [0.1, 0.15) is 54.3 Å². The molecule has 0 bridgehead atoms. The van der Waals surface area contributed by atoms with Gasteiger partial charge in [0.25, 0.3) is 0 Å². The van der Waals surface area contributed by atoms with Crippen LogP contribution < -0.4 is 4.90 Å². The minimum atomic E-state index is -0.664. The Balaban J connectivity index is 1.87. The Labute approximate surface area is 176 Å². The monoisotopic (exact) mass is 400 g/mol. The SMILES string of the molecule is CC(C)(C)OC(=O)N1c2ccccc2[C@H](C(=O)c2ccccc2)[C@H]1c1ccccn1. The molecule has 2 aromatic carbocycles. The van der Waals surface area contributed by atoms with Gasteiger partial charge in [0.05, 0.1) is 23.3 Å². The van der Waals surface area contributed by atoms with Gasteiger partial charge in [-0.05, 0) is 44.5 Å². The average molecular weight is 400 g/mol. The first kappa shape index (κ1) is 19.8. The number of pyridine rings is 1. The van der Waals surface area contributed by atoms with Crippen LogP contribution in [0.4, 0.5) is 10.5 Å². The molecular formula is C25H24N2O3. The van der Waals surface area contributed by atoms with Gasteiger partial charge < -0.3 is 4.74 Å². The van der Waals surface area contributed by atoms with Crippen LogP contribution in [0, 0.1) is 0 Å². The van der Waals surface area contributed by atoms with Crippen molar-refractivity contribution in [1.82, 2.24) is 4.98 Å². The number of nitrogens with zero attached hydrogens (tertiary/aromatic N) is 2. The van der Waals surface area contributed by atoms with Crippen LogP contribution in [-0.4, -0.2) is 22.5 Å². The lowest BCUT2D eigenvalue weighted by atomic mass is 9.85. The molecule has 4 rings (SSSR count). The van der Waals surface area contributed by atoms with Crippen LogP contribution in [0.5, 0.6) is 0 Å². The highest BCUT2D eigenvalue weighted by Gasteiger charge is 2.48. The summed E-state index contributed by atoms with van der Waals surface area (Å²) in [6, 6.07) is 21.6. The van der Waals surface area contributed by atoms with Crippen LogP contribution in [0.15, 0.2) is 79.0 Å². The van der Waals surface area contributed by atoms with Crippen molar-refractivity contribution in [2.75, 3.05) is 4.90 Å². The van der Waals surface area contributed by atoms with Crippen molar-refractivity contribution < 1.29 is 14.3 Å². The highest BCUT2D eigenvalue weighted by molar-refractivity contribution is 6.06. The van der Waals surface area contributed by atoms with E-state index in [1.54, 1.807) is 23.2 Å². The van der Waals surface area contributed by atoms with E-state index in [0.29, 0.717) is 16.9 Å². The van der Waals surface area contributed by atoms with Gasteiger partial charge in [0.1, 0.15) is 5.60 Å². The maximum atomic E-state index is 13.6. The molecule has 0 fully saturated rings. The number of amides is 1. The van der Waals surface area contributed by atoms with Crippen molar-refractivity contribution >= 4 is 17.6 Å². The highest BCUT2D eigenvalue weighted by atomic mass is 16.6.